The summed E-state index contributed by atoms with van der Waals surface area (Å²) in [6.07, 6.45) is 0.508. The fourth-order valence-corrected chi connectivity index (χ4v) is 2.41. The van der Waals surface area contributed by atoms with Crippen LogP contribution in [0.2, 0.25) is 0 Å². The van der Waals surface area contributed by atoms with Crippen LogP contribution in [-0.4, -0.2) is 20.1 Å². The van der Waals surface area contributed by atoms with Crippen LogP contribution in [0.5, 0.6) is 0 Å². The smallest absolute Gasteiger partial charge is 0.237 e. The molecule has 17 heavy (non-hydrogen) atoms. The molecule has 1 aromatic rings. The molecule has 0 heterocycles. The standard InChI is InChI=1S/C11H16N2O3S/c1-2-7-17(15,16)13-11(14)8-9-3-5-10(12)6-4-9/h3-6H,2,7-8,12H2,1H3,(H,13,14). The molecule has 0 unspecified atom stereocenters. The topological polar surface area (TPSA) is 89.3 Å². The summed E-state index contributed by atoms with van der Waals surface area (Å²) >= 11 is 0. The molecule has 0 radical (unpaired) electrons. The second-order valence-electron chi connectivity index (χ2n) is 3.76. The van der Waals surface area contributed by atoms with Crippen LogP contribution in [0.1, 0.15) is 18.9 Å². The number of anilines is 1. The summed E-state index contributed by atoms with van der Waals surface area (Å²) in [6, 6.07) is 6.73. The molecule has 0 fully saturated rings. The predicted molar refractivity (Wildman–Crippen MR) is 66.8 cm³/mol. The van der Waals surface area contributed by atoms with E-state index in [1.54, 1.807) is 31.2 Å². The van der Waals surface area contributed by atoms with Gasteiger partial charge in [-0.15, -0.1) is 0 Å². The highest BCUT2D eigenvalue weighted by Gasteiger charge is 2.13. The zero-order valence-corrected chi connectivity index (χ0v) is 10.5. The largest absolute Gasteiger partial charge is 0.399 e. The molecule has 0 atom stereocenters. The Morgan fingerprint density at radius 2 is 1.88 bits per heavy atom. The number of nitrogen functional groups attached to an aromatic ring is 1. The molecule has 0 bridgehead atoms. The summed E-state index contributed by atoms with van der Waals surface area (Å²) in [6.45, 7) is 1.74. The van der Waals surface area contributed by atoms with E-state index >= 15 is 0 Å². The lowest BCUT2D eigenvalue weighted by Crippen LogP contribution is -2.33. The predicted octanol–water partition coefficient (Wildman–Crippen LogP) is 0.667. The van der Waals surface area contributed by atoms with E-state index in [0.717, 1.165) is 5.56 Å². The molecule has 3 N–H and O–H groups in total. The lowest BCUT2D eigenvalue weighted by Gasteiger charge is -2.05. The highest BCUT2D eigenvalue weighted by molar-refractivity contribution is 7.90. The number of benzene rings is 1. The fourth-order valence-electron chi connectivity index (χ4n) is 1.35. The molecule has 0 saturated heterocycles. The minimum absolute atomic E-state index is 0.0310. The first-order valence-electron chi connectivity index (χ1n) is 5.30. The molecule has 1 aromatic carbocycles. The van der Waals surface area contributed by atoms with Crippen LogP contribution in [0.25, 0.3) is 0 Å². The minimum atomic E-state index is -3.48. The van der Waals surface area contributed by atoms with E-state index in [2.05, 4.69) is 0 Å². The van der Waals surface area contributed by atoms with E-state index in [1.165, 1.54) is 0 Å². The monoisotopic (exact) mass is 256 g/mol. The number of hydrogen-bond donors (Lipinski definition) is 2. The maximum atomic E-state index is 11.5. The van der Waals surface area contributed by atoms with Crippen LogP contribution in [0.3, 0.4) is 0 Å². The Bertz CT molecular complexity index is 480. The molecule has 94 valence electrons. The first-order chi connectivity index (χ1) is 7.93. The van der Waals surface area contributed by atoms with Gasteiger partial charge in [0.05, 0.1) is 12.2 Å². The van der Waals surface area contributed by atoms with E-state index in [1.807, 2.05) is 4.72 Å². The average Bonchev–Trinajstić information content (AvgIpc) is 2.20. The quantitative estimate of drug-likeness (QED) is 0.758. The zero-order chi connectivity index (χ0) is 12.9. The van der Waals surface area contributed by atoms with E-state index in [-0.39, 0.29) is 12.2 Å². The Kier molecular flexibility index (Phi) is 4.51. The van der Waals surface area contributed by atoms with Crippen LogP contribution in [0, 0.1) is 0 Å². The number of nitrogens with two attached hydrogens (primary N) is 1. The van der Waals surface area contributed by atoms with Crippen LogP contribution >= 0.6 is 0 Å². The SMILES string of the molecule is CCCS(=O)(=O)NC(=O)Cc1ccc(N)cc1. The third kappa shape index (κ3) is 4.86. The van der Waals surface area contributed by atoms with Crippen molar-refractivity contribution < 1.29 is 13.2 Å². The Morgan fingerprint density at radius 3 is 2.41 bits per heavy atom. The number of carbonyl (C=O) groups excluding carboxylic acids is 1. The van der Waals surface area contributed by atoms with Crippen molar-refractivity contribution in [2.75, 3.05) is 11.5 Å². The molecular formula is C11H16N2O3S. The van der Waals surface area contributed by atoms with Crippen LogP contribution in [-0.2, 0) is 21.2 Å². The molecule has 0 aliphatic rings. The van der Waals surface area contributed by atoms with E-state index in [0.29, 0.717) is 12.1 Å². The highest BCUT2D eigenvalue weighted by atomic mass is 32.2. The second-order valence-corrected chi connectivity index (χ2v) is 5.60. The summed E-state index contributed by atoms with van der Waals surface area (Å²) in [7, 11) is -3.48. The van der Waals surface area contributed by atoms with Crippen molar-refractivity contribution in [3.63, 3.8) is 0 Å². The Hall–Kier alpha value is -1.56. The van der Waals surface area contributed by atoms with Gasteiger partial charge in [-0.2, -0.15) is 0 Å². The van der Waals surface area contributed by atoms with E-state index in [4.69, 9.17) is 5.73 Å². The van der Waals surface area contributed by atoms with Gasteiger partial charge in [-0.1, -0.05) is 19.1 Å². The second kappa shape index (κ2) is 5.67. The summed E-state index contributed by atoms with van der Waals surface area (Å²) < 4.78 is 24.7. The van der Waals surface area contributed by atoms with E-state index < -0.39 is 15.9 Å². The Balaban J connectivity index is 2.59. The highest BCUT2D eigenvalue weighted by Crippen LogP contribution is 2.06. The zero-order valence-electron chi connectivity index (χ0n) is 9.64. The van der Waals surface area contributed by atoms with Gasteiger partial charge in [-0.3, -0.25) is 9.52 Å². The third-order valence-corrected chi connectivity index (χ3v) is 3.57. The maximum absolute atomic E-state index is 11.5. The van der Waals surface area contributed by atoms with Gasteiger partial charge >= 0.3 is 0 Å². The molecule has 0 saturated carbocycles. The van der Waals surface area contributed by atoms with Crippen LogP contribution in [0.4, 0.5) is 5.69 Å². The lowest BCUT2D eigenvalue weighted by molar-refractivity contribution is -0.118. The molecule has 0 aliphatic carbocycles. The summed E-state index contributed by atoms with van der Waals surface area (Å²) in [5, 5.41) is 0. The van der Waals surface area contributed by atoms with Gasteiger partial charge in [0.15, 0.2) is 0 Å². The van der Waals surface area contributed by atoms with Gasteiger partial charge in [-0.25, -0.2) is 8.42 Å². The van der Waals surface area contributed by atoms with Crippen LogP contribution in [0.15, 0.2) is 24.3 Å². The molecule has 5 nitrogen and oxygen atoms in total. The van der Waals surface area contributed by atoms with Gasteiger partial charge in [0.1, 0.15) is 0 Å². The fraction of sp³-hybridized carbons (Fsp3) is 0.364. The van der Waals surface area contributed by atoms with Gasteiger partial charge in [0, 0.05) is 5.69 Å². The molecule has 6 heteroatoms. The first-order valence-corrected chi connectivity index (χ1v) is 6.96. The van der Waals surface area contributed by atoms with Crippen molar-refractivity contribution in [2.24, 2.45) is 0 Å². The molecule has 0 spiro atoms. The number of rotatable bonds is 5. The number of nitrogens with one attached hydrogen (secondary N) is 1. The van der Waals surface area contributed by atoms with Crippen molar-refractivity contribution in [3.05, 3.63) is 29.8 Å². The minimum Gasteiger partial charge on any atom is -0.399 e. The Morgan fingerprint density at radius 1 is 1.29 bits per heavy atom. The molecule has 0 aliphatic heterocycles. The molecule has 1 rings (SSSR count). The normalized spacial score (nSPS) is 11.1. The Labute approximate surface area is 101 Å². The van der Waals surface area contributed by atoms with Crippen molar-refractivity contribution in [1.29, 1.82) is 0 Å². The van der Waals surface area contributed by atoms with Gasteiger partial charge in [-0.05, 0) is 24.1 Å². The van der Waals surface area contributed by atoms with Crippen molar-refractivity contribution in [3.8, 4) is 0 Å². The van der Waals surface area contributed by atoms with Gasteiger partial charge in [0.25, 0.3) is 0 Å². The summed E-state index contributed by atoms with van der Waals surface area (Å²) in [5.41, 5.74) is 6.83. The number of amides is 1. The third-order valence-electron chi connectivity index (χ3n) is 2.09. The number of sulfonamides is 1. The van der Waals surface area contributed by atoms with E-state index in [9.17, 15) is 13.2 Å². The lowest BCUT2D eigenvalue weighted by atomic mass is 10.1. The van der Waals surface area contributed by atoms with Gasteiger partial charge < -0.3 is 5.73 Å². The molecule has 1 amide bonds. The van der Waals surface area contributed by atoms with Crippen molar-refractivity contribution >= 4 is 21.6 Å². The molecular weight excluding hydrogens is 240 g/mol. The molecule has 0 aromatic heterocycles. The van der Waals surface area contributed by atoms with Gasteiger partial charge in [0.2, 0.25) is 15.9 Å². The summed E-state index contributed by atoms with van der Waals surface area (Å²) in [4.78, 5) is 11.5. The first kappa shape index (κ1) is 13.5. The van der Waals surface area contributed by atoms with Crippen LogP contribution < -0.4 is 10.5 Å². The van der Waals surface area contributed by atoms with Crippen molar-refractivity contribution in [2.45, 2.75) is 19.8 Å². The van der Waals surface area contributed by atoms with Crippen molar-refractivity contribution in [1.82, 2.24) is 4.72 Å². The number of carbonyl (C=O) groups is 1. The maximum Gasteiger partial charge on any atom is 0.237 e. The number of hydrogen-bond acceptors (Lipinski definition) is 4. The average molecular weight is 256 g/mol. The summed E-state index contributed by atoms with van der Waals surface area (Å²) in [5.74, 6) is -0.566.